The van der Waals surface area contributed by atoms with Crippen LogP contribution in [0.4, 0.5) is 27.6 Å². The van der Waals surface area contributed by atoms with Gasteiger partial charge in [0.2, 0.25) is 11.8 Å². The molecule has 618 valence electrons. The molecule has 1 unspecified atom stereocenters. The Morgan fingerprint density at radius 1 is 0.444 bits per heavy atom. The van der Waals surface area contributed by atoms with Gasteiger partial charge in [0.05, 0.1) is 54.0 Å². The summed E-state index contributed by atoms with van der Waals surface area (Å²) in [5.41, 5.74) is 24.9. The maximum absolute atomic E-state index is 14.2. The van der Waals surface area contributed by atoms with Crippen molar-refractivity contribution in [3.05, 3.63) is 400 Å². The minimum absolute atomic E-state index is 0. The summed E-state index contributed by atoms with van der Waals surface area (Å²) in [6.45, 7) is 17.7. The SMILES string of the molecule is CCCCCOc1cc2c(cc1OCCCCC)C1(c3ccccc3-c3cc(-c4cc[c-]c(-c5ccccn5)c4)ccc31)c1cc(C)c(C)cc1-2.FC(F)(F)c1ccc(-c2nnc(-c3cc[c-]c(-c4ccccn4)c3)o2)cc1.[C-]#[N+]c1cc(-c2cccc(C3(c4cccc(-c5[c-]cc(F)c(C#N)c5)n4)c4ccccc4-c4ccccc43)n2)[c-]cc1F.[Ir].[Ir].[Pt+2]. The minimum Gasteiger partial charge on any atom is -0.490 e. The predicted molar refractivity (Wildman–Crippen MR) is 461 cm³/mol. The maximum atomic E-state index is 14.2. The average molecular weight is 2170 g/mol. The second-order valence-corrected chi connectivity index (χ2v) is 30.0. The zero-order valence-electron chi connectivity index (χ0n) is 67.5. The molecule has 3 aliphatic carbocycles. The summed E-state index contributed by atoms with van der Waals surface area (Å²) in [5, 5.41) is 17.3. The summed E-state index contributed by atoms with van der Waals surface area (Å²) in [5.74, 6) is 0.837. The molecule has 0 saturated heterocycles. The van der Waals surface area contributed by atoms with Crippen molar-refractivity contribution in [2.45, 2.75) is 83.2 Å². The molecule has 3 aliphatic rings. The molecule has 0 N–H and O–H groups in total. The number of rotatable bonds is 19. The molecular weight excluding hydrogens is 2100 g/mol. The van der Waals surface area contributed by atoms with Crippen molar-refractivity contribution in [2.75, 3.05) is 13.2 Å². The van der Waals surface area contributed by atoms with Crippen molar-refractivity contribution >= 4 is 5.69 Å². The van der Waals surface area contributed by atoms with E-state index in [2.05, 4.69) is 180 Å². The molecule has 5 aromatic heterocycles. The Hall–Kier alpha value is -12.6. The molecule has 1 atom stereocenters. The van der Waals surface area contributed by atoms with E-state index < -0.39 is 34.2 Å². The number of unbranched alkanes of at least 4 members (excludes halogenated alkanes) is 4. The molecule has 0 fully saturated rings. The third-order valence-corrected chi connectivity index (χ3v) is 22.6. The monoisotopic (exact) mass is 2170 g/mol. The van der Waals surface area contributed by atoms with Crippen molar-refractivity contribution in [2.24, 2.45) is 0 Å². The summed E-state index contributed by atoms with van der Waals surface area (Å²) >= 11 is 0. The van der Waals surface area contributed by atoms with Crippen molar-refractivity contribution in [1.82, 2.24) is 30.1 Å². The zero-order chi connectivity index (χ0) is 83.4. The number of ether oxygens (including phenoxy) is 2. The Labute approximate surface area is 758 Å². The van der Waals surface area contributed by atoms with Crippen molar-refractivity contribution < 1.29 is 97.1 Å². The van der Waals surface area contributed by atoms with Crippen LogP contribution in [0.1, 0.15) is 119 Å². The summed E-state index contributed by atoms with van der Waals surface area (Å²) in [6.07, 6.45) is 5.83. The fourth-order valence-corrected chi connectivity index (χ4v) is 16.7. The maximum Gasteiger partial charge on any atom is 2.00 e. The number of aromatic nitrogens is 6. The van der Waals surface area contributed by atoms with Crippen LogP contribution in [0, 0.1) is 67.7 Å². The first kappa shape index (κ1) is 87.7. The molecule has 11 aromatic carbocycles. The van der Waals surface area contributed by atoms with Gasteiger partial charge in [0.25, 0.3) is 0 Å². The average Bonchev–Trinajstić information content (AvgIpc) is 1.50. The number of pyridine rings is 4. The Kier molecular flexibility index (Phi) is 26.9. The molecule has 11 nitrogen and oxygen atoms in total. The molecule has 124 heavy (non-hydrogen) atoms. The number of benzene rings is 11. The van der Waals surface area contributed by atoms with Gasteiger partial charge in [-0.25, -0.2) is 0 Å². The van der Waals surface area contributed by atoms with Crippen LogP contribution in [-0.2, 0) is 78.3 Å². The molecule has 0 bridgehead atoms. The van der Waals surface area contributed by atoms with Gasteiger partial charge in [-0.1, -0.05) is 185 Å². The van der Waals surface area contributed by atoms with Crippen molar-refractivity contribution in [3.8, 4) is 130 Å². The van der Waals surface area contributed by atoms with Gasteiger partial charge in [-0.05, 0) is 205 Å². The molecular formula is C105H75F5Ir2N8O3Pt-2. The van der Waals surface area contributed by atoms with Gasteiger partial charge < -0.3 is 23.9 Å². The number of nitriles is 1. The number of hydrogen-bond donors (Lipinski definition) is 0. The summed E-state index contributed by atoms with van der Waals surface area (Å²) in [4.78, 5) is 22.4. The quantitative estimate of drug-likeness (QED) is 0.0437. The van der Waals surface area contributed by atoms with E-state index in [1.165, 1.54) is 85.5 Å². The first-order chi connectivity index (χ1) is 59.1. The van der Waals surface area contributed by atoms with E-state index in [-0.39, 0.29) is 84.3 Å². The molecule has 0 saturated carbocycles. The molecule has 2 radical (unpaired) electrons. The van der Waals surface area contributed by atoms with Gasteiger partial charge in [0.15, 0.2) is 11.5 Å². The number of halogens is 5. The Morgan fingerprint density at radius 2 is 0.903 bits per heavy atom. The molecule has 5 heterocycles. The predicted octanol–water partition coefficient (Wildman–Crippen LogP) is 26.1. The van der Waals surface area contributed by atoms with Crippen LogP contribution >= 0.6 is 0 Å². The molecule has 0 amide bonds. The number of hydrogen-bond acceptors (Lipinski definition) is 10. The van der Waals surface area contributed by atoms with E-state index in [9.17, 15) is 27.2 Å². The first-order valence-corrected chi connectivity index (χ1v) is 40.1. The van der Waals surface area contributed by atoms with Gasteiger partial charge in [0.1, 0.15) is 11.1 Å². The number of aryl methyl sites for hydroxylation is 2. The van der Waals surface area contributed by atoms with E-state index in [4.69, 9.17) is 30.4 Å². The van der Waals surface area contributed by atoms with E-state index in [1.807, 2.05) is 115 Å². The van der Waals surface area contributed by atoms with Gasteiger partial charge >= 0.3 is 27.2 Å². The van der Waals surface area contributed by atoms with Crippen LogP contribution in [-0.4, -0.2) is 43.3 Å². The van der Waals surface area contributed by atoms with Crippen LogP contribution in [0.3, 0.4) is 0 Å². The van der Waals surface area contributed by atoms with Gasteiger partial charge in [0, 0.05) is 69.5 Å². The van der Waals surface area contributed by atoms with Gasteiger partial charge in [-0.2, -0.15) is 18.4 Å². The van der Waals surface area contributed by atoms with Crippen LogP contribution in [0.15, 0.2) is 290 Å². The van der Waals surface area contributed by atoms with E-state index in [1.54, 1.807) is 24.4 Å². The van der Waals surface area contributed by atoms with Crippen LogP contribution in [0.25, 0.3) is 117 Å². The Bertz CT molecular complexity index is 6540. The van der Waals surface area contributed by atoms with Crippen LogP contribution in [0.2, 0.25) is 0 Å². The second-order valence-electron chi connectivity index (χ2n) is 30.0. The molecule has 19 rings (SSSR count). The Morgan fingerprint density at radius 3 is 1.47 bits per heavy atom. The summed E-state index contributed by atoms with van der Waals surface area (Å²) < 4.78 is 85.1. The fraction of sp³-hybridized carbons (Fsp3) is 0.143. The Balaban J connectivity index is 0.000000156. The normalized spacial score (nSPS) is 13.0. The summed E-state index contributed by atoms with van der Waals surface area (Å²) in [6, 6.07) is 100. The largest absolute Gasteiger partial charge is 2.00 e. The fourth-order valence-electron chi connectivity index (χ4n) is 16.7. The first-order valence-electron chi connectivity index (χ1n) is 40.1. The standard InChI is InChI=1S/C48H46NO2.C37H18F2N4.C20H11F3N3O.2Ir.Pt/c1-5-7-13-24-50-46-30-40-38-26-32(3)33(4)27-43(38)48(44(40)31-47(46)51-25-14-8-6-2)41-19-10-9-18-37(41)39-29-35(21-22-42(39)48)34-16-15-17-36(28-34)45-20-11-12-23-49-45;1-41-34-21-24(17-19-31(34)39)33-13-7-15-36(43-33)37(28-10-4-2-8-26(28)27-9-3-5-11-29(27)37)35-14-6-12-32(42-35)23-16-18-30(38)25(20-23)22-40;21-20(22,23)16-9-7-13(8-10-16)18-25-26-19(27-18)15-5-3-4-14(12-15)17-6-1-2-11-24-17;;;/h9-12,15-16,18-23,26-31H,5-8,13-14,24-25H2,1-4H3;2-15,18-21H;1-3,5-12H;;;/q-1;-2;-1;;;+2. The van der Waals surface area contributed by atoms with Crippen molar-refractivity contribution in [1.29, 1.82) is 5.26 Å². The molecule has 1 spiro atoms. The number of fused-ring (bicyclic) bond motifs is 13. The third-order valence-electron chi connectivity index (χ3n) is 22.6. The second kappa shape index (κ2) is 38.0. The molecule has 0 aliphatic heterocycles. The van der Waals surface area contributed by atoms with E-state index in [0.29, 0.717) is 58.2 Å². The molecule has 19 heteroatoms. The van der Waals surface area contributed by atoms with E-state index in [0.717, 1.165) is 125 Å². The van der Waals surface area contributed by atoms with Crippen molar-refractivity contribution in [3.63, 3.8) is 0 Å². The summed E-state index contributed by atoms with van der Waals surface area (Å²) in [7, 11) is 0. The number of alkyl halides is 3. The topological polar surface area (TPSA) is 137 Å². The number of nitrogens with zero attached hydrogens (tertiary/aromatic N) is 8. The molecule has 16 aromatic rings. The minimum atomic E-state index is -4.39. The van der Waals surface area contributed by atoms with Gasteiger partial charge in [-0.15, -0.1) is 123 Å². The van der Waals surface area contributed by atoms with Crippen LogP contribution < -0.4 is 9.47 Å². The van der Waals surface area contributed by atoms with E-state index >= 15 is 0 Å². The third kappa shape index (κ3) is 16.8. The van der Waals surface area contributed by atoms with Crippen LogP contribution in [0.5, 0.6) is 11.5 Å². The van der Waals surface area contributed by atoms with Gasteiger partial charge in [-0.3, -0.25) is 23.6 Å². The smallest absolute Gasteiger partial charge is 0.490 e. The zero-order valence-corrected chi connectivity index (χ0v) is 74.5.